The van der Waals surface area contributed by atoms with Crippen molar-refractivity contribution in [2.24, 2.45) is 4.99 Å². The molecule has 3 amide bonds. The van der Waals surface area contributed by atoms with E-state index in [9.17, 15) is 14.4 Å². The molecule has 0 aliphatic carbocycles. The van der Waals surface area contributed by atoms with Crippen LogP contribution in [0.15, 0.2) is 89.2 Å². The summed E-state index contributed by atoms with van der Waals surface area (Å²) in [7, 11) is 2.06. The molecule has 39 heavy (non-hydrogen) atoms. The fourth-order valence-corrected chi connectivity index (χ4v) is 4.28. The first-order chi connectivity index (χ1) is 18.7. The van der Waals surface area contributed by atoms with Gasteiger partial charge in [-0.25, -0.2) is 4.99 Å². The summed E-state index contributed by atoms with van der Waals surface area (Å²) in [6.07, 6.45) is 3.24. The lowest BCUT2D eigenvalue weighted by molar-refractivity contribution is -0.120. The van der Waals surface area contributed by atoms with E-state index in [1.165, 1.54) is 18.2 Å². The van der Waals surface area contributed by atoms with Gasteiger partial charge in [-0.3, -0.25) is 14.4 Å². The first-order valence-corrected chi connectivity index (χ1v) is 13.0. The van der Waals surface area contributed by atoms with Gasteiger partial charge in [-0.2, -0.15) is 0 Å². The van der Waals surface area contributed by atoms with Crippen LogP contribution < -0.4 is 16.0 Å². The number of halogens is 1. The Morgan fingerprint density at radius 2 is 1.82 bits per heavy atom. The Labute approximate surface area is 232 Å². The van der Waals surface area contributed by atoms with E-state index < -0.39 is 11.8 Å². The highest BCUT2D eigenvalue weighted by Gasteiger charge is 2.27. The van der Waals surface area contributed by atoms with Crippen LogP contribution in [-0.4, -0.2) is 66.6 Å². The number of allylic oxidation sites excluding steroid dienone is 1. The number of amidine groups is 1. The Kier molecular flexibility index (Phi) is 8.96. The van der Waals surface area contributed by atoms with Crippen LogP contribution in [0.2, 0.25) is 5.02 Å². The monoisotopic (exact) mass is 546 g/mol. The van der Waals surface area contributed by atoms with Gasteiger partial charge in [-0.1, -0.05) is 54.6 Å². The number of aliphatic imine (C=N–C) groups is 1. The number of carbonyl (C=O) groups excluding carboxylic acids is 3. The minimum Gasteiger partial charge on any atom is -0.354 e. The van der Waals surface area contributed by atoms with Gasteiger partial charge in [-0.05, 0) is 43.8 Å². The van der Waals surface area contributed by atoms with Gasteiger partial charge in [0, 0.05) is 43.9 Å². The van der Waals surface area contributed by atoms with E-state index in [4.69, 9.17) is 11.6 Å². The van der Waals surface area contributed by atoms with Crippen LogP contribution in [0.25, 0.3) is 0 Å². The highest BCUT2D eigenvalue weighted by atomic mass is 35.5. The van der Waals surface area contributed by atoms with Crippen molar-refractivity contribution in [2.45, 2.75) is 13.5 Å². The second kappa shape index (κ2) is 12.6. The molecule has 1 saturated heterocycles. The summed E-state index contributed by atoms with van der Waals surface area (Å²) < 4.78 is 0. The maximum atomic E-state index is 13.1. The number of benzene rings is 2. The van der Waals surface area contributed by atoms with E-state index in [2.05, 4.69) is 44.4 Å². The third-order valence-electron chi connectivity index (χ3n) is 6.49. The lowest BCUT2D eigenvalue weighted by Gasteiger charge is -2.33. The zero-order valence-electron chi connectivity index (χ0n) is 22.0. The van der Waals surface area contributed by atoms with E-state index in [1.54, 1.807) is 19.1 Å². The molecule has 1 fully saturated rings. The molecule has 2 aliphatic heterocycles. The van der Waals surface area contributed by atoms with E-state index in [0.29, 0.717) is 29.3 Å². The zero-order chi connectivity index (χ0) is 27.9. The number of nitrogens with one attached hydrogen (secondary N) is 3. The third-order valence-corrected chi connectivity index (χ3v) is 6.82. The number of piperazine rings is 1. The average molecular weight is 547 g/mol. The molecule has 10 heteroatoms. The third kappa shape index (κ3) is 7.01. The minimum absolute atomic E-state index is 0.109. The van der Waals surface area contributed by atoms with Crippen molar-refractivity contribution >= 4 is 40.8 Å². The first kappa shape index (κ1) is 27.8. The fraction of sp³-hybridized carbons (Fsp3) is 0.241. The zero-order valence-corrected chi connectivity index (χ0v) is 22.7. The van der Waals surface area contributed by atoms with Crippen molar-refractivity contribution in [2.75, 3.05) is 38.5 Å². The first-order valence-electron chi connectivity index (χ1n) is 12.6. The number of carbonyl (C=O) groups is 3. The Balaban J connectivity index is 1.45. The van der Waals surface area contributed by atoms with Gasteiger partial charge >= 0.3 is 0 Å². The van der Waals surface area contributed by atoms with Crippen LogP contribution >= 0.6 is 11.6 Å². The van der Waals surface area contributed by atoms with Gasteiger partial charge in [0.2, 0.25) is 0 Å². The number of rotatable bonds is 7. The Bertz CT molecular complexity index is 1370. The quantitative estimate of drug-likeness (QED) is 0.462. The van der Waals surface area contributed by atoms with Gasteiger partial charge in [0.25, 0.3) is 17.7 Å². The molecule has 3 N–H and O–H groups in total. The van der Waals surface area contributed by atoms with Gasteiger partial charge in [-0.15, -0.1) is 0 Å². The normalized spacial score (nSPS) is 18.0. The van der Waals surface area contributed by atoms with Crippen molar-refractivity contribution in [3.05, 3.63) is 100 Å². The molecule has 0 spiro atoms. The molecular weight excluding hydrogens is 516 g/mol. The second-order valence-corrected chi connectivity index (χ2v) is 9.65. The van der Waals surface area contributed by atoms with Gasteiger partial charge in [0.05, 0.1) is 10.7 Å². The molecule has 2 aromatic rings. The summed E-state index contributed by atoms with van der Waals surface area (Å²) >= 11 is 6.30. The highest BCUT2D eigenvalue weighted by Crippen LogP contribution is 2.25. The number of hydrogen-bond acceptors (Lipinski definition) is 6. The Morgan fingerprint density at radius 3 is 2.51 bits per heavy atom. The second-order valence-electron chi connectivity index (χ2n) is 9.24. The van der Waals surface area contributed by atoms with E-state index in [1.807, 2.05) is 30.3 Å². The number of anilines is 1. The van der Waals surface area contributed by atoms with Crippen LogP contribution in [0.3, 0.4) is 0 Å². The van der Waals surface area contributed by atoms with Gasteiger partial charge in [0.1, 0.15) is 17.2 Å². The van der Waals surface area contributed by atoms with E-state index >= 15 is 0 Å². The van der Waals surface area contributed by atoms with Gasteiger partial charge in [0.15, 0.2) is 0 Å². The molecule has 2 heterocycles. The minimum atomic E-state index is -0.660. The predicted octanol–water partition coefficient (Wildman–Crippen LogP) is 3.33. The Hall–Kier alpha value is -4.21. The summed E-state index contributed by atoms with van der Waals surface area (Å²) in [6.45, 7) is 9.58. The standard InChI is InChI=1S/C29H31ClN6O3/c1-4-21-16-23(29(39)34-26(21)32-19(2)36-14-12-35(3)13-15-36)28(38)33-25-17-22(10-11-24(25)30)27(37)31-18-20-8-6-5-7-9-20/h4-11,16-17H,2,12-15,18H2,1,3H3,(H,31,37)(H,33,38)(H,32,34,39)/b21-4-. The van der Waals surface area contributed by atoms with E-state index in [0.717, 1.165) is 31.7 Å². The SMILES string of the molecule is C=C(/N=C1/NC(=O)C(C(=O)Nc2cc(C(=O)NCc3ccccc3)ccc2Cl)=C/C1=C/C)N1CCN(C)CC1. The lowest BCUT2D eigenvalue weighted by Crippen LogP contribution is -2.44. The summed E-state index contributed by atoms with van der Waals surface area (Å²) in [6, 6.07) is 14.1. The molecule has 0 aromatic heterocycles. The molecule has 0 bridgehead atoms. The smallest absolute Gasteiger partial charge is 0.262 e. The molecule has 4 rings (SSSR count). The van der Waals surface area contributed by atoms with Crippen molar-refractivity contribution in [1.29, 1.82) is 0 Å². The van der Waals surface area contributed by atoms with E-state index in [-0.39, 0.29) is 22.2 Å². The highest BCUT2D eigenvalue weighted by molar-refractivity contribution is 6.35. The molecular formula is C29H31ClN6O3. The number of likely N-dealkylation sites (N-methyl/N-ethyl adjacent to an activating group) is 1. The lowest BCUT2D eigenvalue weighted by atomic mass is 10.0. The summed E-state index contributed by atoms with van der Waals surface area (Å²) in [5.41, 5.74) is 1.96. The summed E-state index contributed by atoms with van der Waals surface area (Å²) in [5, 5.41) is 8.44. The molecule has 2 aromatic carbocycles. The molecule has 0 unspecified atom stereocenters. The maximum Gasteiger partial charge on any atom is 0.262 e. The van der Waals surface area contributed by atoms with Crippen LogP contribution in [0.5, 0.6) is 0 Å². The largest absolute Gasteiger partial charge is 0.354 e. The average Bonchev–Trinajstić information content (AvgIpc) is 2.94. The van der Waals surface area contributed by atoms with Crippen LogP contribution in [-0.2, 0) is 16.1 Å². The van der Waals surface area contributed by atoms with Crippen LogP contribution in [0.4, 0.5) is 5.69 Å². The summed E-state index contributed by atoms with van der Waals surface area (Å²) in [5.74, 6) is -0.701. The van der Waals surface area contributed by atoms with Crippen molar-refractivity contribution < 1.29 is 14.4 Å². The van der Waals surface area contributed by atoms with Crippen LogP contribution in [0, 0.1) is 0 Å². The molecule has 0 saturated carbocycles. The summed E-state index contributed by atoms with van der Waals surface area (Å²) in [4.78, 5) is 47.5. The van der Waals surface area contributed by atoms with Gasteiger partial charge < -0.3 is 25.8 Å². The molecule has 0 radical (unpaired) electrons. The number of hydrogen-bond donors (Lipinski definition) is 3. The van der Waals surface area contributed by atoms with Crippen LogP contribution in [0.1, 0.15) is 22.8 Å². The van der Waals surface area contributed by atoms with Crippen molar-refractivity contribution in [3.63, 3.8) is 0 Å². The molecule has 9 nitrogen and oxygen atoms in total. The van der Waals surface area contributed by atoms with Crippen molar-refractivity contribution in [1.82, 2.24) is 20.4 Å². The molecule has 2 aliphatic rings. The predicted molar refractivity (Wildman–Crippen MR) is 153 cm³/mol. The molecule has 0 atom stereocenters. The van der Waals surface area contributed by atoms with Crippen molar-refractivity contribution in [3.8, 4) is 0 Å². The maximum absolute atomic E-state index is 13.1. The molecule has 202 valence electrons. The number of amides is 3. The Morgan fingerprint density at radius 1 is 1.10 bits per heavy atom. The number of nitrogens with zero attached hydrogens (tertiary/aromatic N) is 3. The topological polar surface area (TPSA) is 106 Å². The fourth-order valence-electron chi connectivity index (χ4n) is 4.11.